The van der Waals surface area contributed by atoms with Gasteiger partial charge in [-0.3, -0.25) is 14.4 Å². The zero-order valence-electron chi connectivity index (χ0n) is 32.1. The Morgan fingerprint density at radius 1 is 0.695 bits per heavy atom. The van der Waals surface area contributed by atoms with Gasteiger partial charge >= 0.3 is 0 Å². The normalized spacial score (nSPS) is 17.4. The van der Waals surface area contributed by atoms with Crippen LogP contribution in [-0.4, -0.2) is 87.1 Å². The summed E-state index contributed by atoms with van der Waals surface area (Å²) in [7, 11) is 0. The maximum atomic E-state index is 13.6. The van der Waals surface area contributed by atoms with E-state index in [1.54, 1.807) is 41.3 Å². The van der Waals surface area contributed by atoms with Gasteiger partial charge in [0.05, 0.1) is 24.7 Å². The summed E-state index contributed by atoms with van der Waals surface area (Å²) in [4.78, 5) is 52.9. The predicted molar refractivity (Wildman–Crippen MR) is 219 cm³/mol. The van der Waals surface area contributed by atoms with Crippen molar-refractivity contribution in [1.29, 1.82) is 0 Å². The molecular weight excluding hydrogens is 755 g/mol. The molecule has 59 heavy (non-hydrogen) atoms. The first-order chi connectivity index (χ1) is 28.6. The number of nitrogens with one attached hydrogen (secondary N) is 2. The van der Waals surface area contributed by atoms with Gasteiger partial charge in [-0.1, -0.05) is 72.8 Å². The van der Waals surface area contributed by atoms with Crippen molar-refractivity contribution in [2.45, 2.75) is 55.8 Å². The number of ether oxygens (including phenoxy) is 1. The fraction of sp³-hybridized carbons (Fsp3) is 0.261. The summed E-state index contributed by atoms with van der Waals surface area (Å²) < 4.78 is 5.86. The Morgan fingerprint density at radius 3 is 1.80 bits per heavy atom. The molecule has 0 saturated carbocycles. The van der Waals surface area contributed by atoms with E-state index in [-0.39, 0.29) is 41.8 Å². The van der Waals surface area contributed by atoms with Crippen molar-refractivity contribution >= 4 is 29.7 Å². The largest absolute Gasteiger partial charge is 0.457 e. The van der Waals surface area contributed by atoms with E-state index in [1.165, 1.54) is 12.1 Å². The van der Waals surface area contributed by atoms with E-state index in [4.69, 9.17) is 9.84 Å². The molecule has 0 radical (unpaired) electrons. The number of benzene rings is 5. The number of amides is 3. The van der Waals surface area contributed by atoms with Gasteiger partial charge < -0.3 is 50.6 Å². The number of aldehydes is 1. The molecule has 1 aliphatic rings. The molecule has 0 bridgehead atoms. The standard InChI is InChI=1S/C46H47N3O10/c50-27-34(30-7-3-1-4-8-30)17-24-38-41(31-9-5-2-6-10-31)49(46(38)58)35-18-11-29(12-19-35)25-47-44(56)32-13-20-36(21-14-32)59-37-22-15-33(16-23-37)45(57)48-26-39(52)42(54)43(55)40(53)28-51/h1-16,18-23,27,34,38-43,51-55H,17,24-26,28H2,(H,47,56)(H,48,57). The van der Waals surface area contributed by atoms with Crippen LogP contribution in [0, 0.1) is 5.92 Å². The molecule has 1 aliphatic heterocycles. The van der Waals surface area contributed by atoms with Crippen LogP contribution in [0.4, 0.5) is 5.69 Å². The zero-order valence-corrected chi connectivity index (χ0v) is 32.1. The number of β-lactam (4-membered cyclic amide) rings is 1. The quantitative estimate of drug-likeness (QED) is 0.0472. The van der Waals surface area contributed by atoms with Gasteiger partial charge in [-0.25, -0.2) is 0 Å². The van der Waals surface area contributed by atoms with E-state index in [0.29, 0.717) is 29.9 Å². The molecule has 5 aromatic rings. The molecule has 1 heterocycles. The third-order valence-corrected chi connectivity index (χ3v) is 10.5. The molecule has 0 spiro atoms. The Bertz CT molecular complexity index is 2150. The lowest BCUT2D eigenvalue weighted by Gasteiger charge is -2.48. The van der Waals surface area contributed by atoms with Crippen LogP contribution in [0.5, 0.6) is 11.5 Å². The number of anilines is 1. The molecule has 7 unspecified atom stereocenters. The number of nitrogens with zero attached hydrogens (tertiary/aromatic N) is 1. The lowest BCUT2D eigenvalue weighted by molar-refractivity contribution is -0.131. The lowest BCUT2D eigenvalue weighted by Crippen LogP contribution is -2.55. The highest BCUT2D eigenvalue weighted by Gasteiger charge is 2.48. The number of aliphatic hydroxyl groups is 5. The van der Waals surface area contributed by atoms with Crippen LogP contribution in [0.3, 0.4) is 0 Å². The maximum Gasteiger partial charge on any atom is 0.251 e. The highest BCUT2D eigenvalue weighted by molar-refractivity contribution is 6.03. The van der Waals surface area contributed by atoms with Gasteiger partial charge in [0, 0.05) is 35.8 Å². The van der Waals surface area contributed by atoms with Crippen molar-refractivity contribution in [2.75, 3.05) is 18.1 Å². The monoisotopic (exact) mass is 801 g/mol. The molecule has 1 saturated heterocycles. The molecule has 1 fully saturated rings. The molecule has 0 aliphatic carbocycles. The number of hydrogen-bond acceptors (Lipinski definition) is 10. The third kappa shape index (κ3) is 10.5. The van der Waals surface area contributed by atoms with Crippen LogP contribution in [0.15, 0.2) is 133 Å². The summed E-state index contributed by atoms with van der Waals surface area (Å²) in [5.41, 5.74) is 4.22. The average molecular weight is 802 g/mol. The van der Waals surface area contributed by atoms with E-state index in [0.717, 1.165) is 28.7 Å². The summed E-state index contributed by atoms with van der Waals surface area (Å²) in [6, 6.07) is 39.5. The molecule has 3 amide bonds. The molecule has 0 aromatic heterocycles. The minimum atomic E-state index is -1.80. The summed E-state index contributed by atoms with van der Waals surface area (Å²) in [6.07, 6.45) is -4.72. The molecule has 6 rings (SSSR count). The van der Waals surface area contributed by atoms with Gasteiger partial charge in [0.15, 0.2) is 0 Å². The number of rotatable bonds is 19. The molecular formula is C46H47N3O10. The second-order valence-corrected chi connectivity index (χ2v) is 14.4. The van der Waals surface area contributed by atoms with Gasteiger partial charge in [0.25, 0.3) is 11.8 Å². The van der Waals surface area contributed by atoms with E-state index in [9.17, 15) is 39.6 Å². The molecule has 7 N–H and O–H groups in total. The Balaban J connectivity index is 0.986. The van der Waals surface area contributed by atoms with Crippen LogP contribution in [-0.2, 0) is 16.1 Å². The zero-order chi connectivity index (χ0) is 41.9. The minimum absolute atomic E-state index is 0.0114. The van der Waals surface area contributed by atoms with Gasteiger partial charge in [-0.2, -0.15) is 0 Å². The van der Waals surface area contributed by atoms with Crippen molar-refractivity contribution in [3.63, 3.8) is 0 Å². The summed E-state index contributed by atoms with van der Waals surface area (Å²) in [5.74, 6) is -0.513. The Hall–Kier alpha value is -6.22. The smallest absolute Gasteiger partial charge is 0.251 e. The highest BCUT2D eigenvalue weighted by atomic mass is 16.5. The fourth-order valence-corrected chi connectivity index (χ4v) is 7.05. The highest BCUT2D eigenvalue weighted by Crippen LogP contribution is 2.46. The summed E-state index contributed by atoms with van der Waals surface area (Å²) in [5, 5.41) is 53.4. The number of carbonyl (C=O) groups excluding carboxylic acids is 4. The van der Waals surface area contributed by atoms with Crippen molar-refractivity contribution < 1.29 is 49.4 Å². The van der Waals surface area contributed by atoms with E-state index in [2.05, 4.69) is 10.6 Å². The topological polar surface area (TPSA) is 206 Å². The van der Waals surface area contributed by atoms with Crippen molar-refractivity contribution in [2.24, 2.45) is 5.92 Å². The average Bonchev–Trinajstić information content (AvgIpc) is 3.28. The van der Waals surface area contributed by atoms with Gasteiger partial charge in [0.2, 0.25) is 5.91 Å². The van der Waals surface area contributed by atoms with Gasteiger partial charge in [0.1, 0.15) is 36.1 Å². The van der Waals surface area contributed by atoms with Crippen molar-refractivity contribution in [3.8, 4) is 11.5 Å². The van der Waals surface area contributed by atoms with Crippen LogP contribution >= 0.6 is 0 Å². The van der Waals surface area contributed by atoms with Gasteiger partial charge in [-0.05, 0) is 90.2 Å². The number of carbonyl (C=O) groups is 4. The van der Waals surface area contributed by atoms with E-state index in [1.807, 2.05) is 84.9 Å². The fourth-order valence-electron chi connectivity index (χ4n) is 7.05. The van der Waals surface area contributed by atoms with Gasteiger partial charge in [-0.15, -0.1) is 0 Å². The summed E-state index contributed by atoms with van der Waals surface area (Å²) in [6.45, 7) is -0.968. The molecule has 306 valence electrons. The SMILES string of the molecule is O=CC(CCC1C(=O)N(c2ccc(CNC(=O)c3ccc(Oc4ccc(C(=O)NCC(O)C(O)C(O)C(O)CO)cc4)cc3)cc2)C1c1ccccc1)c1ccccc1. The molecule has 13 heteroatoms. The second kappa shape index (κ2) is 20.0. The lowest BCUT2D eigenvalue weighted by atomic mass is 9.77. The maximum absolute atomic E-state index is 13.6. The van der Waals surface area contributed by atoms with E-state index < -0.39 is 43.5 Å². The first-order valence-electron chi connectivity index (χ1n) is 19.3. The van der Waals surface area contributed by atoms with Crippen molar-refractivity contribution in [1.82, 2.24) is 10.6 Å². The minimum Gasteiger partial charge on any atom is -0.457 e. The number of aliphatic hydroxyl groups excluding tert-OH is 5. The van der Waals surface area contributed by atoms with Crippen LogP contribution in [0.1, 0.15) is 62.2 Å². The Morgan fingerprint density at radius 2 is 1.24 bits per heavy atom. The third-order valence-electron chi connectivity index (χ3n) is 10.5. The Labute approximate surface area is 341 Å². The molecule has 13 nitrogen and oxygen atoms in total. The van der Waals surface area contributed by atoms with E-state index >= 15 is 0 Å². The Kier molecular flexibility index (Phi) is 14.3. The van der Waals surface area contributed by atoms with Crippen LogP contribution in [0.2, 0.25) is 0 Å². The van der Waals surface area contributed by atoms with Crippen molar-refractivity contribution in [3.05, 3.63) is 161 Å². The predicted octanol–water partition coefficient (Wildman–Crippen LogP) is 4.04. The molecule has 5 aromatic carbocycles. The number of hydrogen-bond donors (Lipinski definition) is 7. The molecule has 7 atom stereocenters. The first kappa shape index (κ1) is 42.4. The first-order valence-corrected chi connectivity index (χ1v) is 19.3. The summed E-state index contributed by atoms with van der Waals surface area (Å²) >= 11 is 0. The van der Waals surface area contributed by atoms with Crippen LogP contribution < -0.4 is 20.3 Å². The van der Waals surface area contributed by atoms with Crippen LogP contribution in [0.25, 0.3) is 0 Å². The second-order valence-electron chi connectivity index (χ2n) is 14.4.